The van der Waals surface area contributed by atoms with E-state index >= 15 is 0 Å². The van der Waals surface area contributed by atoms with E-state index in [0.717, 1.165) is 43.0 Å². The fourth-order valence-corrected chi connectivity index (χ4v) is 6.62. The summed E-state index contributed by atoms with van der Waals surface area (Å²) in [6, 6.07) is 11.4. The Morgan fingerprint density at radius 3 is 2.29 bits per heavy atom. The maximum atomic E-state index is 13.5. The standard InChI is InChI=1S/C24H32F3N3O5S3/c1-23(35-2)11-14-30(15-12-23)13-10-18(17-36-19-6-4-3-5-7-19)29-21-9-8-20(38(28,33)34)16-22(21)37(31,32)24(25,26)27/h3-9,16,18,29H,10-15,17H2,1-2H3,(H2,28,33,34). The predicted molar refractivity (Wildman–Crippen MR) is 141 cm³/mol. The van der Waals surface area contributed by atoms with E-state index in [1.807, 2.05) is 30.3 Å². The van der Waals surface area contributed by atoms with E-state index in [9.17, 15) is 30.0 Å². The van der Waals surface area contributed by atoms with Gasteiger partial charge in [0.25, 0.3) is 9.84 Å². The number of methoxy groups -OCH3 is 1. The zero-order valence-corrected chi connectivity index (χ0v) is 23.5. The minimum atomic E-state index is -5.87. The molecule has 1 aliphatic rings. The van der Waals surface area contributed by atoms with Crippen LogP contribution in [0, 0.1) is 0 Å². The molecule has 1 heterocycles. The molecule has 0 radical (unpaired) electrons. The van der Waals surface area contributed by atoms with Crippen molar-refractivity contribution < 1.29 is 34.7 Å². The largest absolute Gasteiger partial charge is 0.501 e. The highest BCUT2D eigenvalue weighted by atomic mass is 32.2. The van der Waals surface area contributed by atoms with Crippen LogP contribution in [0.25, 0.3) is 0 Å². The lowest BCUT2D eigenvalue weighted by atomic mass is 9.93. The monoisotopic (exact) mass is 595 g/mol. The molecule has 1 unspecified atom stereocenters. The molecule has 0 spiro atoms. The molecule has 0 amide bonds. The second kappa shape index (κ2) is 12.1. The summed E-state index contributed by atoms with van der Waals surface area (Å²) < 4.78 is 94.4. The molecule has 14 heteroatoms. The van der Waals surface area contributed by atoms with Gasteiger partial charge in [0.05, 0.1) is 16.2 Å². The van der Waals surface area contributed by atoms with E-state index in [1.54, 1.807) is 7.11 Å². The molecule has 2 aromatic carbocycles. The molecule has 0 aliphatic carbocycles. The van der Waals surface area contributed by atoms with Gasteiger partial charge >= 0.3 is 5.51 Å². The van der Waals surface area contributed by atoms with Gasteiger partial charge in [0.2, 0.25) is 10.0 Å². The van der Waals surface area contributed by atoms with E-state index < -0.39 is 41.2 Å². The first-order valence-corrected chi connectivity index (χ1v) is 15.9. The third kappa shape index (κ3) is 7.85. The van der Waals surface area contributed by atoms with Gasteiger partial charge in [-0.05, 0) is 56.5 Å². The van der Waals surface area contributed by atoms with Crippen LogP contribution in [0.2, 0.25) is 0 Å². The van der Waals surface area contributed by atoms with Crippen LogP contribution in [0.15, 0.2) is 63.2 Å². The molecule has 0 aromatic heterocycles. The van der Waals surface area contributed by atoms with Crippen molar-refractivity contribution in [3.05, 3.63) is 48.5 Å². The van der Waals surface area contributed by atoms with Crippen molar-refractivity contribution in [1.82, 2.24) is 4.90 Å². The van der Waals surface area contributed by atoms with Crippen LogP contribution in [0.4, 0.5) is 18.9 Å². The number of rotatable bonds is 11. The van der Waals surface area contributed by atoms with E-state index in [4.69, 9.17) is 9.88 Å². The van der Waals surface area contributed by atoms with Crippen molar-refractivity contribution in [3.8, 4) is 0 Å². The number of hydrogen-bond acceptors (Lipinski definition) is 8. The minimum Gasteiger partial charge on any atom is -0.380 e. The van der Waals surface area contributed by atoms with Gasteiger partial charge in [0.15, 0.2) is 0 Å². The van der Waals surface area contributed by atoms with Crippen molar-refractivity contribution in [1.29, 1.82) is 0 Å². The quantitative estimate of drug-likeness (QED) is 0.373. The molecule has 0 saturated carbocycles. The lowest BCUT2D eigenvalue weighted by Gasteiger charge is -2.38. The maximum Gasteiger partial charge on any atom is 0.501 e. The first-order valence-electron chi connectivity index (χ1n) is 11.8. The van der Waals surface area contributed by atoms with Gasteiger partial charge in [-0.1, -0.05) is 18.2 Å². The van der Waals surface area contributed by atoms with E-state index in [-0.39, 0.29) is 11.3 Å². The van der Waals surface area contributed by atoms with E-state index in [0.29, 0.717) is 24.8 Å². The number of nitrogens with zero attached hydrogens (tertiary/aromatic N) is 1. The van der Waals surface area contributed by atoms with Gasteiger partial charge < -0.3 is 15.0 Å². The van der Waals surface area contributed by atoms with Gasteiger partial charge in [0, 0.05) is 43.4 Å². The molecule has 212 valence electrons. The third-order valence-corrected chi connectivity index (χ3v) is 10.2. The Labute approximate surface area is 226 Å². The Balaban J connectivity index is 1.87. The highest BCUT2D eigenvalue weighted by molar-refractivity contribution is 7.99. The average molecular weight is 596 g/mol. The summed E-state index contributed by atoms with van der Waals surface area (Å²) in [5.74, 6) is 0.427. The van der Waals surface area contributed by atoms with Crippen LogP contribution in [0.3, 0.4) is 0 Å². The summed E-state index contributed by atoms with van der Waals surface area (Å²) in [5.41, 5.74) is -6.15. The predicted octanol–water partition coefficient (Wildman–Crippen LogP) is 4.09. The van der Waals surface area contributed by atoms with Gasteiger partial charge in [-0.2, -0.15) is 13.2 Å². The molecule has 1 atom stereocenters. The molecule has 3 N–H and O–H groups in total. The summed E-state index contributed by atoms with van der Waals surface area (Å²) in [7, 11) is -8.62. The van der Waals surface area contributed by atoms with Crippen molar-refractivity contribution in [3.63, 3.8) is 0 Å². The number of likely N-dealkylation sites (tertiary alicyclic amines) is 1. The number of ether oxygens (including phenoxy) is 1. The fraction of sp³-hybridized carbons (Fsp3) is 0.500. The lowest BCUT2D eigenvalue weighted by molar-refractivity contribution is -0.0437. The molecule has 2 aromatic rings. The molecular weight excluding hydrogens is 563 g/mol. The number of piperidine rings is 1. The van der Waals surface area contributed by atoms with Crippen LogP contribution < -0.4 is 10.5 Å². The van der Waals surface area contributed by atoms with Crippen LogP contribution in [0.1, 0.15) is 26.2 Å². The Hall–Kier alpha value is -1.84. The average Bonchev–Trinajstić information content (AvgIpc) is 2.86. The first-order chi connectivity index (χ1) is 17.6. The molecule has 1 saturated heterocycles. The molecular formula is C24H32F3N3O5S3. The summed E-state index contributed by atoms with van der Waals surface area (Å²) in [6.07, 6.45) is 2.18. The zero-order chi connectivity index (χ0) is 28.2. The maximum absolute atomic E-state index is 13.5. The number of hydrogen-bond donors (Lipinski definition) is 2. The molecule has 0 bridgehead atoms. The number of benzene rings is 2. The zero-order valence-electron chi connectivity index (χ0n) is 21.1. The summed E-state index contributed by atoms with van der Waals surface area (Å²) in [6.45, 7) is 4.27. The van der Waals surface area contributed by atoms with Crippen LogP contribution in [-0.2, 0) is 24.6 Å². The molecule has 1 aliphatic heterocycles. The van der Waals surface area contributed by atoms with Gasteiger partial charge in [-0.25, -0.2) is 22.0 Å². The van der Waals surface area contributed by atoms with Crippen LogP contribution >= 0.6 is 11.8 Å². The van der Waals surface area contributed by atoms with Crippen molar-refractivity contribution >= 4 is 37.3 Å². The van der Waals surface area contributed by atoms with Crippen molar-refractivity contribution in [2.24, 2.45) is 5.14 Å². The van der Waals surface area contributed by atoms with Gasteiger partial charge in [0.1, 0.15) is 4.90 Å². The topological polar surface area (TPSA) is 119 Å². The van der Waals surface area contributed by atoms with Crippen molar-refractivity contribution in [2.75, 3.05) is 37.8 Å². The number of alkyl halides is 3. The fourth-order valence-electron chi connectivity index (χ4n) is 4.07. The Bertz CT molecular complexity index is 1300. The van der Waals surface area contributed by atoms with Crippen LogP contribution in [0.5, 0.6) is 0 Å². The molecule has 3 rings (SSSR count). The summed E-state index contributed by atoms with van der Waals surface area (Å²) in [4.78, 5) is 1.27. The number of thioether (sulfide) groups is 1. The third-order valence-electron chi connectivity index (χ3n) is 6.63. The number of sulfonamides is 1. The first kappa shape index (κ1) is 30.7. The Kier molecular flexibility index (Phi) is 9.80. The number of nitrogens with one attached hydrogen (secondary N) is 1. The SMILES string of the molecule is COC1(C)CCN(CCC(CSc2ccccc2)Nc2ccc(S(N)(=O)=O)cc2S(=O)(=O)C(F)(F)F)CC1. The van der Waals surface area contributed by atoms with E-state index in [1.165, 1.54) is 11.8 Å². The lowest BCUT2D eigenvalue weighted by Crippen LogP contribution is -2.44. The summed E-state index contributed by atoms with van der Waals surface area (Å²) in [5, 5.41) is 8.01. The summed E-state index contributed by atoms with van der Waals surface area (Å²) >= 11 is 1.48. The number of sulfone groups is 1. The molecule has 1 fully saturated rings. The van der Waals surface area contributed by atoms with E-state index in [2.05, 4.69) is 17.1 Å². The number of nitrogens with two attached hydrogens (primary N) is 1. The highest BCUT2D eigenvalue weighted by Gasteiger charge is 2.48. The molecule has 8 nitrogen and oxygen atoms in total. The van der Waals surface area contributed by atoms with Crippen molar-refractivity contribution in [2.45, 2.75) is 58.0 Å². The van der Waals surface area contributed by atoms with Gasteiger partial charge in [-0.3, -0.25) is 0 Å². The minimum absolute atomic E-state index is 0.191. The normalized spacial score (nSPS) is 17.7. The number of halogens is 3. The molecule has 38 heavy (non-hydrogen) atoms. The second-order valence-corrected chi connectivity index (χ2v) is 14.0. The smallest absolute Gasteiger partial charge is 0.380 e. The number of primary sulfonamides is 1. The van der Waals surface area contributed by atoms with Crippen LogP contribution in [-0.4, -0.2) is 71.4 Å². The Morgan fingerprint density at radius 1 is 1.11 bits per heavy atom. The number of anilines is 1. The second-order valence-electron chi connectivity index (χ2n) is 9.40. The highest BCUT2D eigenvalue weighted by Crippen LogP contribution is 2.36. The van der Waals surface area contributed by atoms with Gasteiger partial charge in [-0.15, -0.1) is 11.8 Å². The Morgan fingerprint density at radius 2 is 1.74 bits per heavy atom.